The minimum atomic E-state index is -3.63. The predicted octanol–water partition coefficient (Wildman–Crippen LogP) is 2.00. The highest BCUT2D eigenvalue weighted by Crippen LogP contribution is 2.32. The lowest BCUT2D eigenvalue weighted by atomic mass is 10.1. The van der Waals surface area contributed by atoms with Gasteiger partial charge in [0.2, 0.25) is 10.0 Å². The molecular weight excluding hydrogens is 297 g/mol. The Labute approximate surface area is 116 Å². The van der Waals surface area contributed by atoms with Crippen LogP contribution in [0.3, 0.4) is 0 Å². The molecule has 1 aromatic carbocycles. The third kappa shape index (κ3) is 2.51. The summed E-state index contributed by atoms with van der Waals surface area (Å²) in [5.74, 6) is -0.00210. The number of rotatable bonds is 3. The molecule has 0 aliphatic carbocycles. The van der Waals surface area contributed by atoms with Gasteiger partial charge in [-0.25, -0.2) is 8.42 Å². The van der Waals surface area contributed by atoms with Crippen molar-refractivity contribution in [2.45, 2.75) is 11.3 Å². The largest absolute Gasteiger partial charge is 0.396 e. The lowest BCUT2D eigenvalue weighted by Gasteiger charge is -2.17. The molecule has 0 spiro atoms. The molecule has 0 bridgehead atoms. The van der Waals surface area contributed by atoms with E-state index in [0.717, 1.165) is 0 Å². The number of hydrogen-bond donors (Lipinski definition) is 1. The standard InChI is InChI=1S/C11H13Cl2NO3S/c12-9-2-1-3-10(11(9)13)18(16,17)14-5-4-8(6-14)7-15/h1-3,8,15H,4-7H2. The zero-order valence-corrected chi connectivity index (χ0v) is 11.8. The Kier molecular flexibility index (Phi) is 4.18. The monoisotopic (exact) mass is 309 g/mol. The van der Waals surface area contributed by atoms with E-state index in [1.54, 1.807) is 12.1 Å². The molecule has 1 aromatic rings. The average molecular weight is 310 g/mol. The zero-order valence-electron chi connectivity index (χ0n) is 9.51. The molecule has 1 N–H and O–H groups in total. The van der Waals surface area contributed by atoms with Crippen LogP contribution in [-0.4, -0.2) is 37.5 Å². The molecule has 0 aromatic heterocycles. The molecule has 1 fully saturated rings. The van der Waals surface area contributed by atoms with E-state index in [-0.39, 0.29) is 27.5 Å². The molecule has 1 aliphatic heterocycles. The van der Waals surface area contributed by atoms with Crippen molar-refractivity contribution in [2.75, 3.05) is 19.7 Å². The number of aliphatic hydroxyl groups is 1. The first-order valence-electron chi connectivity index (χ1n) is 5.52. The summed E-state index contributed by atoms with van der Waals surface area (Å²) in [6, 6.07) is 4.54. The first-order chi connectivity index (χ1) is 8.46. The maximum absolute atomic E-state index is 12.4. The molecule has 18 heavy (non-hydrogen) atoms. The maximum Gasteiger partial charge on any atom is 0.244 e. The number of nitrogens with zero attached hydrogens (tertiary/aromatic N) is 1. The summed E-state index contributed by atoms with van der Waals surface area (Å²) in [5, 5.41) is 9.32. The summed E-state index contributed by atoms with van der Waals surface area (Å²) in [5.41, 5.74) is 0. The van der Waals surface area contributed by atoms with Gasteiger partial charge < -0.3 is 5.11 Å². The molecule has 1 saturated heterocycles. The van der Waals surface area contributed by atoms with E-state index >= 15 is 0 Å². The number of benzene rings is 1. The van der Waals surface area contributed by atoms with Gasteiger partial charge in [0.1, 0.15) is 4.90 Å². The van der Waals surface area contributed by atoms with Crippen molar-refractivity contribution in [3.8, 4) is 0 Å². The van der Waals surface area contributed by atoms with Gasteiger partial charge in [-0.05, 0) is 24.5 Å². The molecule has 2 rings (SSSR count). The smallest absolute Gasteiger partial charge is 0.244 e. The van der Waals surface area contributed by atoms with Crippen LogP contribution in [0, 0.1) is 5.92 Å². The van der Waals surface area contributed by atoms with Gasteiger partial charge in [0.15, 0.2) is 0 Å². The number of aliphatic hydroxyl groups excluding tert-OH is 1. The minimum Gasteiger partial charge on any atom is -0.396 e. The quantitative estimate of drug-likeness (QED) is 0.929. The Hall–Kier alpha value is -0.330. The summed E-state index contributed by atoms with van der Waals surface area (Å²) >= 11 is 11.8. The fraction of sp³-hybridized carbons (Fsp3) is 0.455. The molecule has 1 aliphatic rings. The summed E-state index contributed by atoms with van der Waals surface area (Å²) < 4.78 is 26.1. The second-order valence-electron chi connectivity index (χ2n) is 4.25. The van der Waals surface area contributed by atoms with E-state index in [2.05, 4.69) is 0 Å². The Morgan fingerprint density at radius 1 is 1.39 bits per heavy atom. The Balaban J connectivity index is 2.35. The van der Waals surface area contributed by atoms with Crippen LogP contribution in [0.25, 0.3) is 0 Å². The maximum atomic E-state index is 12.4. The second kappa shape index (κ2) is 5.35. The lowest BCUT2D eigenvalue weighted by Crippen LogP contribution is -2.29. The molecule has 0 amide bonds. The van der Waals surface area contributed by atoms with Gasteiger partial charge in [0, 0.05) is 19.7 Å². The lowest BCUT2D eigenvalue weighted by molar-refractivity contribution is 0.233. The van der Waals surface area contributed by atoms with E-state index in [0.29, 0.717) is 19.5 Å². The van der Waals surface area contributed by atoms with Crippen molar-refractivity contribution in [3.63, 3.8) is 0 Å². The third-order valence-corrected chi connectivity index (χ3v) is 5.88. The van der Waals surface area contributed by atoms with Crippen LogP contribution in [0.2, 0.25) is 10.0 Å². The molecular formula is C11H13Cl2NO3S. The zero-order chi connectivity index (χ0) is 13.3. The predicted molar refractivity (Wildman–Crippen MR) is 70.4 cm³/mol. The Bertz CT molecular complexity index is 547. The summed E-state index contributed by atoms with van der Waals surface area (Å²) in [6.07, 6.45) is 0.661. The first-order valence-corrected chi connectivity index (χ1v) is 7.71. The third-order valence-electron chi connectivity index (χ3n) is 3.04. The fourth-order valence-corrected chi connectivity index (χ4v) is 4.25. The van der Waals surface area contributed by atoms with E-state index in [4.69, 9.17) is 28.3 Å². The van der Waals surface area contributed by atoms with Crippen LogP contribution < -0.4 is 0 Å². The van der Waals surface area contributed by atoms with Crippen molar-refractivity contribution in [1.82, 2.24) is 4.31 Å². The van der Waals surface area contributed by atoms with Crippen molar-refractivity contribution in [3.05, 3.63) is 28.2 Å². The topological polar surface area (TPSA) is 57.6 Å². The molecule has 1 atom stereocenters. The minimum absolute atomic E-state index is 0.00210. The van der Waals surface area contributed by atoms with Gasteiger partial charge in [-0.2, -0.15) is 4.31 Å². The van der Waals surface area contributed by atoms with Crippen molar-refractivity contribution < 1.29 is 13.5 Å². The van der Waals surface area contributed by atoms with Gasteiger partial charge in [0.05, 0.1) is 10.0 Å². The Morgan fingerprint density at radius 2 is 2.11 bits per heavy atom. The van der Waals surface area contributed by atoms with E-state index in [1.165, 1.54) is 10.4 Å². The van der Waals surface area contributed by atoms with Gasteiger partial charge in [-0.1, -0.05) is 29.3 Å². The molecule has 7 heteroatoms. The number of halogens is 2. The first kappa shape index (κ1) is 14.1. The van der Waals surface area contributed by atoms with Gasteiger partial charge >= 0.3 is 0 Å². The molecule has 1 unspecified atom stereocenters. The van der Waals surface area contributed by atoms with Gasteiger partial charge in [-0.3, -0.25) is 0 Å². The number of hydrogen-bond acceptors (Lipinski definition) is 3. The highest BCUT2D eigenvalue weighted by atomic mass is 35.5. The fourth-order valence-electron chi connectivity index (χ4n) is 1.99. The summed E-state index contributed by atoms with van der Waals surface area (Å²) in [4.78, 5) is 0.0234. The van der Waals surface area contributed by atoms with E-state index in [9.17, 15) is 8.42 Å². The van der Waals surface area contributed by atoms with Crippen molar-refractivity contribution >= 4 is 33.2 Å². The second-order valence-corrected chi connectivity index (χ2v) is 6.94. The van der Waals surface area contributed by atoms with Crippen LogP contribution in [0.5, 0.6) is 0 Å². The van der Waals surface area contributed by atoms with Gasteiger partial charge in [0.25, 0.3) is 0 Å². The molecule has 4 nitrogen and oxygen atoms in total. The van der Waals surface area contributed by atoms with Crippen LogP contribution >= 0.6 is 23.2 Å². The van der Waals surface area contributed by atoms with Crippen LogP contribution in [0.1, 0.15) is 6.42 Å². The SMILES string of the molecule is O=S(=O)(c1cccc(Cl)c1Cl)N1CCC(CO)C1. The van der Waals surface area contributed by atoms with E-state index < -0.39 is 10.0 Å². The Morgan fingerprint density at radius 3 is 2.72 bits per heavy atom. The summed E-state index contributed by atoms with van der Waals surface area (Å²) in [7, 11) is -3.63. The molecule has 1 heterocycles. The molecule has 0 saturated carbocycles. The normalized spacial score (nSPS) is 21.4. The van der Waals surface area contributed by atoms with Crippen LogP contribution in [0.15, 0.2) is 23.1 Å². The van der Waals surface area contributed by atoms with Crippen LogP contribution in [0.4, 0.5) is 0 Å². The highest BCUT2D eigenvalue weighted by molar-refractivity contribution is 7.89. The molecule has 100 valence electrons. The van der Waals surface area contributed by atoms with Crippen molar-refractivity contribution in [1.29, 1.82) is 0 Å². The van der Waals surface area contributed by atoms with E-state index in [1.807, 2.05) is 0 Å². The average Bonchev–Trinajstić information content (AvgIpc) is 2.81. The number of sulfonamides is 1. The van der Waals surface area contributed by atoms with Gasteiger partial charge in [-0.15, -0.1) is 0 Å². The molecule has 0 radical (unpaired) electrons. The van der Waals surface area contributed by atoms with Crippen molar-refractivity contribution in [2.24, 2.45) is 5.92 Å². The highest BCUT2D eigenvalue weighted by Gasteiger charge is 2.33. The summed E-state index contributed by atoms with van der Waals surface area (Å²) in [6.45, 7) is 0.716. The van der Waals surface area contributed by atoms with Crippen LogP contribution in [-0.2, 0) is 10.0 Å².